The van der Waals surface area contributed by atoms with Crippen molar-refractivity contribution in [3.05, 3.63) is 53.9 Å². The van der Waals surface area contributed by atoms with Gasteiger partial charge in [-0.05, 0) is 108 Å². The average Bonchev–Trinajstić information content (AvgIpc) is 3.88. The Kier molecular flexibility index (Phi) is 22.6. The minimum atomic E-state index is -0.784. The Morgan fingerprint density at radius 1 is 0.938 bits per heavy atom. The molecule has 1 fully saturated rings. The average molecular weight is 897 g/mol. The summed E-state index contributed by atoms with van der Waals surface area (Å²) in [5.74, 6) is -0.982. The van der Waals surface area contributed by atoms with Crippen molar-refractivity contribution in [3.63, 3.8) is 0 Å². The molecule has 0 bridgehead atoms. The first-order valence-electron chi connectivity index (χ1n) is 22.0. The summed E-state index contributed by atoms with van der Waals surface area (Å²) in [7, 11) is 1.47. The van der Waals surface area contributed by atoms with Crippen LogP contribution >= 0.6 is 0 Å². The molecule has 0 saturated heterocycles. The second-order valence-corrected chi connectivity index (χ2v) is 16.9. The summed E-state index contributed by atoms with van der Waals surface area (Å²) in [6.07, 6.45) is 10.2. The Bertz CT molecular complexity index is 1840. The molecule has 4 rings (SSSR count). The Balaban J connectivity index is 0.000000345. The third kappa shape index (κ3) is 18.9. The van der Waals surface area contributed by atoms with Gasteiger partial charge in [0.15, 0.2) is 0 Å². The van der Waals surface area contributed by atoms with Crippen LogP contribution in [-0.4, -0.2) is 119 Å². The van der Waals surface area contributed by atoms with E-state index in [9.17, 15) is 33.6 Å². The normalized spacial score (nSPS) is 16.4. The Hall–Kier alpha value is -5.73. The topological polar surface area (TPSA) is 278 Å². The van der Waals surface area contributed by atoms with E-state index in [0.29, 0.717) is 69.2 Å². The smallest absolute Gasteiger partial charge is 0.407 e. The maximum Gasteiger partial charge on any atom is 0.407 e. The number of unbranched alkanes of at least 4 members (excludes halogenated alkanes) is 1. The molecule has 0 radical (unpaired) electrons. The van der Waals surface area contributed by atoms with Gasteiger partial charge in [-0.2, -0.15) is 0 Å². The number of amides is 7. The van der Waals surface area contributed by atoms with E-state index in [0.717, 1.165) is 37.7 Å². The van der Waals surface area contributed by atoms with Crippen LogP contribution in [0.3, 0.4) is 0 Å². The van der Waals surface area contributed by atoms with Crippen molar-refractivity contribution >= 4 is 47.2 Å². The van der Waals surface area contributed by atoms with Gasteiger partial charge in [-0.15, -0.1) is 5.10 Å². The second-order valence-electron chi connectivity index (χ2n) is 16.9. The summed E-state index contributed by atoms with van der Waals surface area (Å²) in [6, 6.07) is 6.02. The first-order valence-corrected chi connectivity index (χ1v) is 22.0. The van der Waals surface area contributed by atoms with Crippen LogP contribution in [0.5, 0.6) is 0 Å². The Morgan fingerprint density at radius 2 is 1.61 bits per heavy atom. The molecule has 7 amide bonds. The predicted molar refractivity (Wildman–Crippen MR) is 237 cm³/mol. The molecular weight excluding hydrogens is 829 g/mol. The van der Waals surface area contributed by atoms with Gasteiger partial charge in [-0.3, -0.25) is 33.7 Å². The minimum absolute atomic E-state index is 0.00242. The van der Waals surface area contributed by atoms with Crippen LogP contribution in [0.25, 0.3) is 0 Å². The zero-order chi connectivity index (χ0) is 47.1. The number of ether oxygens (including phenoxy) is 2. The number of rotatable bonds is 24. The molecule has 1 aliphatic heterocycles. The molecule has 0 spiro atoms. The molecule has 1 aromatic carbocycles. The lowest BCUT2D eigenvalue weighted by atomic mass is 9.81. The second kappa shape index (κ2) is 27.5. The van der Waals surface area contributed by atoms with E-state index < -0.39 is 18.0 Å². The standard InChI is InChI=1S/C24H39N5O6.C20H29N5O4/c1-17(2)11-13-27-21(30)15-34-16-22(31)29-20(6-4-5-12-25)23(32)28-19-9-7-18(8-10-19)14-35-24(33)26-3;1-20(2,9-10-26)25-13-16(22-23-25)11-21-19(29)15-5-3-14(4-6-15)12-24-17(27)7-8-18(24)28/h7-10,17,20H,4-6,11-16,25H2,1-3H3,(H,26,33)(H,27,30)(H,28,32)(H,29,31);7-8,13-15,26H,3-6,9-12H2,1-2H3,(H,21,29). The fraction of sp³-hybridized carbons (Fsp3) is 0.614. The molecule has 1 aliphatic carbocycles. The van der Waals surface area contributed by atoms with Gasteiger partial charge < -0.3 is 46.9 Å². The van der Waals surface area contributed by atoms with Crippen molar-refractivity contribution in [1.29, 1.82) is 0 Å². The number of aliphatic hydroxyl groups is 1. The quantitative estimate of drug-likeness (QED) is 0.0588. The number of imide groups is 1. The fourth-order valence-electron chi connectivity index (χ4n) is 6.78. The van der Waals surface area contributed by atoms with Crippen LogP contribution in [0.1, 0.15) is 96.7 Å². The van der Waals surface area contributed by atoms with E-state index in [-0.39, 0.29) is 73.3 Å². The van der Waals surface area contributed by atoms with Crippen LogP contribution in [0.4, 0.5) is 10.5 Å². The van der Waals surface area contributed by atoms with E-state index in [4.69, 9.17) is 20.3 Å². The Labute approximate surface area is 375 Å². The highest BCUT2D eigenvalue weighted by molar-refractivity contribution is 6.12. The van der Waals surface area contributed by atoms with E-state index >= 15 is 0 Å². The number of alkyl carbamates (subject to hydrolysis) is 1. The van der Waals surface area contributed by atoms with E-state index in [1.807, 2.05) is 13.8 Å². The molecule has 1 atom stereocenters. The van der Waals surface area contributed by atoms with Crippen molar-refractivity contribution in [2.24, 2.45) is 23.5 Å². The van der Waals surface area contributed by atoms with E-state index in [1.54, 1.807) is 35.1 Å². The minimum Gasteiger partial charge on any atom is -0.445 e. The maximum atomic E-state index is 12.8. The summed E-state index contributed by atoms with van der Waals surface area (Å²) in [6.45, 7) is 9.45. The maximum absolute atomic E-state index is 12.8. The molecule has 2 aromatic rings. The molecule has 2 heterocycles. The number of anilines is 1. The summed E-state index contributed by atoms with van der Waals surface area (Å²) in [5, 5.41) is 30.8. The monoisotopic (exact) mass is 897 g/mol. The van der Waals surface area contributed by atoms with Gasteiger partial charge in [0.2, 0.25) is 23.6 Å². The van der Waals surface area contributed by atoms with Gasteiger partial charge in [-0.25, -0.2) is 9.48 Å². The van der Waals surface area contributed by atoms with Gasteiger partial charge in [-0.1, -0.05) is 31.2 Å². The van der Waals surface area contributed by atoms with Crippen LogP contribution in [0.15, 0.2) is 42.6 Å². The molecular formula is C44H68N10O10. The molecule has 2 aliphatic rings. The van der Waals surface area contributed by atoms with Crippen molar-refractivity contribution in [2.45, 2.75) is 110 Å². The molecule has 1 saturated carbocycles. The largest absolute Gasteiger partial charge is 0.445 e. The predicted octanol–water partition coefficient (Wildman–Crippen LogP) is 2.02. The molecule has 20 heteroatoms. The number of nitrogens with one attached hydrogen (secondary N) is 5. The van der Waals surface area contributed by atoms with Crippen molar-refractivity contribution in [1.82, 2.24) is 41.2 Å². The SMILES string of the molecule is CC(C)(CCO)n1cc(CNC(=O)C2CCC(CN3C(=O)C=CC3=O)CC2)nn1.CNC(=O)OCc1ccc(NC(=O)C(CCCCN)NC(=O)COCC(=O)NCCC(C)C)cc1. The molecule has 20 nitrogen and oxygen atoms in total. The van der Waals surface area contributed by atoms with Crippen LogP contribution < -0.4 is 32.3 Å². The van der Waals surface area contributed by atoms with Crippen molar-refractivity contribution in [2.75, 3.05) is 51.8 Å². The highest BCUT2D eigenvalue weighted by Gasteiger charge is 2.31. The number of hydrogen-bond acceptors (Lipinski definition) is 13. The highest BCUT2D eigenvalue weighted by atomic mass is 16.5. The number of benzene rings is 1. The first-order chi connectivity index (χ1) is 30.5. The first kappa shape index (κ1) is 52.6. The molecule has 1 aromatic heterocycles. The van der Waals surface area contributed by atoms with E-state index in [1.165, 1.54) is 24.1 Å². The highest BCUT2D eigenvalue weighted by Crippen LogP contribution is 2.30. The lowest BCUT2D eigenvalue weighted by Gasteiger charge is -2.29. The molecule has 354 valence electrons. The zero-order valence-electron chi connectivity index (χ0n) is 37.9. The summed E-state index contributed by atoms with van der Waals surface area (Å²) in [5.41, 5.74) is 7.17. The van der Waals surface area contributed by atoms with Crippen LogP contribution in [0, 0.1) is 17.8 Å². The number of carbonyl (C=O) groups excluding carboxylic acids is 7. The third-order valence-corrected chi connectivity index (χ3v) is 10.8. The molecule has 64 heavy (non-hydrogen) atoms. The van der Waals surface area contributed by atoms with Crippen molar-refractivity contribution < 1.29 is 48.1 Å². The number of aromatic nitrogens is 3. The van der Waals surface area contributed by atoms with Crippen LogP contribution in [0.2, 0.25) is 0 Å². The van der Waals surface area contributed by atoms with E-state index in [2.05, 4.69) is 50.7 Å². The number of nitrogens with two attached hydrogens (primary N) is 1. The van der Waals surface area contributed by atoms with Gasteiger partial charge >= 0.3 is 6.09 Å². The summed E-state index contributed by atoms with van der Waals surface area (Å²) in [4.78, 5) is 85.2. The van der Waals surface area contributed by atoms with Crippen molar-refractivity contribution in [3.8, 4) is 0 Å². The third-order valence-electron chi connectivity index (χ3n) is 10.8. The number of nitrogens with zero attached hydrogens (tertiary/aromatic N) is 4. The Morgan fingerprint density at radius 3 is 2.23 bits per heavy atom. The number of carbonyl (C=O) groups is 7. The van der Waals surface area contributed by atoms with Gasteiger partial charge in [0.1, 0.15) is 31.6 Å². The van der Waals surface area contributed by atoms with Gasteiger partial charge in [0, 0.05) is 50.5 Å². The van der Waals surface area contributed by atoms with Gasteiger partial charge in [0.25, 0.3) is 11.8 Å². The fourth-order valence-corrected chi connectivity index (χ4v) is 6.78. The summed E-state index contributed by atoms with van der Waals surface area (Å²) >= 11 is 0. The molecule has 8 N–H and O–H groups in total. The lowest BCUT2D eigenvalue weighted by molar-refractivity contribution is -0.138. The van der Waals surface area contributed by atoms with Crippen LogP contribution in [-0.2, 0) is 56.9 Å². The molecule has 1 unspecified atom stereocenters. The zero-order valence-corrected chi connectivity index (χ0v) is 37.9. The van der Waals surface area contributed by atoms with Gasteiger partial charge in [0.05, 0.1) is 18.3 Å². The number of hydrogen-bond donors (Lipinski definition) is 7. The summed E-state index contributed by atoms with van der Waals surface area (Å²) < 4.78 is 11.9. The lowest BCUT2D eigenvalue weighted by Crippen LogP contribution is -2.45. The number of aliphatic hydroxyl groups excluding tert-OH is 1.